The van der Waals surface area contributed by atoms with E-state index in [1.54, 1.807) is 0 Å². The lowest BCUT2D eigenvalue weighted by Gasteiger charge is -2.24. The van der Waals surface area contributed by atoms with Crippen molar-refractivity contribution in [2.45, 2.75) is 52.7 Å². The lowest BCUT2D eigenvalue weighted by molar-refractivity contribution is 0.0482. The lowest BCUT2D eigenvalue weighted by atomic mass is 10.1. The first kappa shape index (κ1) is 14.7. The van der Waals surface area contributed by atoms with Gasteiger partial charge in [-0.15, -0.1) is 11.3 Å². The van der Waals surface area contributed by atoms with E-state index in [1.165, 1.54) is 9.75 Å². The molecule has 0 bridgehead atoms. The maximum atomic E-state index is 5.70. The van der Waals surface area contributed by atoms with Crippen molar-refractivity contribution in [2.75, 3.05) is 13.2 Å². The summed E-state index contributed by atoms with van der Waals surface area (Å²) >= 11 is 1.93. The molecule has 0 radical (unpaired) electrons. The Hall–Kier alpha value is -0.380. The molecule has 0 aliphatic rings. The molecule has 0 aliphatic carbocycles. The summed E-state index contributed by atoms with van der Waals surface area (Å²) in [5, 5.41) is 3.52. The molecule has 98 valence electrons. The number of ether oxygens (including phenoxy) is 1. The topological polar surface area (TPSA) is 21.3 Å². The number of likely N-dealkylation sites (N-methyl/N-ethyl adjacent to an activating group) is 1. The third-order valence-electron chi connectivity index (χ3n) is 2.95. The minimum atomic E-state index is 0.270. The van der Waals surface area contributed by atoms with Crippen LogP contribution >= 0.6 is 11.3 Å². The third kappa shape index (κ3) is 4.78. The summed E-state index contributed by atoms with van der Waals surface area (Å²) in [5.74, 6) is 0. The smallest absolute Gasteiger partial charge is 0.0703 e. The minimum Gasteiger partial charge on any atom is -0.377 e. The van der Waals surface area contributed by atoms with Crippen molar-refractivity contribution in [2.24, 2.45) is 0 Å². The van der Waals surface area contributed by atoms with Crippen LogP contribution in [0, 0.1) is 0 Å². The molecular weight excluding hydrogens is 230 g/mol. The molecule has 1 aromatic heterocycles. The van der Waals surface area contributed by atoms with Crippen LogP contribution in [-0.2, 0) is 17.6 Å². The molecule has 0 spiro atoms. The molecule has 3 heteroatoms. The summed E-state index contributed by atoms with van der Waals surface area (Å²) in [4.78, 5) is 2.93. The first-order valence-electron chi connectivity index (χ1n) is 6.63. The van der Waals surface area contributed by atoms with Crippen molar-refractivity contribution in [3.8, 4) is 0 Å². The second-order valence-corrected chi connectivity index (χ2v) is 5.50. The van der Waals surface area contributed by atoms with E-state index in [0.29, 0.717) is 6.04 Å². The van der Waals surface area contributed by atoms with Gasteiger partial charge in [-0.2, -0.15) is 0 Å². The maximum absolute atomic E-state index is 5.70. The summed E-state index contributed by atoms with van der Waals surface area (Å²) in [6.07, 6.45) is 2.48. The number of rotatable bonds is 8. The normalized spacial score (nSPS) is 14.8. The van der Waals surface area contributed by atoms with Crippen molar-refractivity contribution >= 4 is 11.3 Å². The van der Waals surface area contributed by atoms with Gasteiger partial charge in [0.15, 0.2) is 0 Å². The zero-order valence-corrected chi connectivity index (χ0v) is 12.3. The average molecular weight is 255 g/mol. The van der Waals surface area contributed by atoms with Gasteiger partial charge in [0.2, 0.25) is 0 Å². The molecule has 1 N–H and O–H groups in total. The Balaban J connectivity index is 2.58. The van der Waals surface area contributed by atoms with Crippen LogP contribution in [0.1, 0.15) is 37.4 Å². The van der Waals surface area contributed by atoms with E-state index < -0.39 is 0 Å². The van der Waals surface area contributed by atoms with Crippen LogP contribution in [-0.4, -0.2) is 25.3 Å². The highest BCUT2D eigenvalue weighted by molar-refractivity contribution is 7.11. The monoisotopic (exact) mass is 255 g/mol. The molecule has 2 unspecified atom stereocenters. The Labute approximate surface area is 109 Å². The van der Waals surface area contributed by atoms with Crippen LogP contribution in [0.15, 0.2) is 12.1 Å². The second kappa shape index (κ2) is 7.85. The van der Waals surface area contributed by atoms with Gasteiger partial charge < -0.3 is 10.1 Å². The van der Waals surface area contributed by atoms with Gasteiger partial charge in [0.1, 0.15) is 0 Å². The number of nitrogens with one attached hydrogen (secondary N) is 1. The van der Waals surface area contributed by atoms with Crippen molar-refractivity contribution in [3.63, 3.8) is 0 Å². The van der Waals surface area contributed by atoms with Crippen LogP contribution < -0.4 is 5.32 Å². The van der Waals surface area contributed by atoms with E-state index in [9.17, 15) is 0 Å². The van der Waals surface area contributed by atoms with E-state index in [-0.39, 0.29) is 6.10 Å². The predicted molar refractivity (Wildman–Crippen MR) is 76.0 cm³/mol. The van der Waals surface area contributed by atoms with Crippen molar-refractivity contribution in [3.05, 3.63) is 21.9 Å². The van der Waals surface area contributed by atoms with Gasteiger partial charge in [0, 0.05) is 22.4 Å². The summed E-state index contributed by atoms with van der Waals surface area (Å²) in [6, 6.07) is 4.92. The van der Waals surface area contributed by atoms with Crippen molar-refractivity contribution in [1.29, 1.82) is 0 Å². The summed E-state index contributed by atoms with van der Waals surface area (Å²) < 4.78 is 5.70. The molecule has 2 nitrogen and oxygen atoms in total. The molecule has 0 saturated carbocycles. The van der Waals surface area contributed by atoms with Gasteiger partial charge in [-0.25, -0.2) is 0 Å². The highest BCUT2D eigenvalue weighted by atomic mass is 32.1. The van der Waals surface area contributed by atoms with Crippen LogP contribution in [0.3, 0.4) is 0 Å². The highest BCUT2D eigenvalue weighted by Crippen LogP contribution is 2.19. The molecule has 1 rings (SSSR count). The Morgan fingerprint density at radius 2 is 1.94 bits per heavy atom. The Morgan fingerprint density at radius 3 is 2.47 bits per heavy atom. The maximum Gasteiger partial charge on any atom is 0.0703 e. The lowest BCUT2D eigenvalue weighted by Crippen LogP contribution is -2.41. The minimum absolute atomic E-state index is 0.270. The molecule has 1 heterocycles. The van der Waals surface area contributed by atoms with Crippen molar-refractivity contribution in [1.82, 2.24) is 5.32 Å². The molecule has 0 amide bonds. The molecular formula is C14H25NOS. The third-order valence-corrected chi connectivity index (χ3v) is 4.20. The van der Waals surface area contributed by atoms with Gasteiger partial charge in [0.05, 0.1) is 6.10 Å². The average Bonchev–Trinajstić information content (AvgIpc) is 2.76. The van der Waals surface area contributed by atoms with Gasteiger partial charge in [-0.1, -0.05) is 13.8 Å². The molecule has 0 aromatic carbocycles. The summed E-state index contributed by atoms with van der Waals surface area (Å²) in [6.45, 7) is 10.4. The van der Waals surface area contributed by atoms with Crippen molar-refractivity contribution < 1.29 is 4.74 Å². The number of aryl methyl sites for hydroxylation is 1. The summed E-state index contributed by atoms with van der Waals surface area (Å²) in [7, 11) is 0. The van der Waals surface area contributed by atoms with E-state index in [0.717, 1.165) is 26.0 Å². The fourth-order valence-electron chi connectivity index (χ4n) is 1.98. The first-order valence-corrected chi connectivity index (χ1v) is 7.45. The van der Waals surface area contributed by atoms with Gasteiger partial charge in [-0.3, -0.25) is 0 Å². The van der Waals surface area contributed by atoms with Crippen LogP contribution in [0.2, 0.25) is 0 Å². The zero-order valence-electron chi connectivity index (χ0n) is 11.5. The quantitative estimate of drug-likeness (QED) is 0.770. The fourth-order valence-corrected chi connectivity index (χ4v) is 3.00. The molecule has 1 aromatic rings. The predicted octanol–water partition coefficient (Wildman–Crippen LogP) is 3.26. The molecule has 17 heavy (non-hydrogen) atoms. The van der Waals surface area contributed by atoms with E-state index >= 15 is 0 Å². The van der Waals surface area contributed by atoms with Gasteiger partial charge in [-0.05, 0) is 45.4 Å². The van der Waals surface area contributed by atoms with E-state index in [2.05, 4.69) is 45.1 Å². The first-order chi connectivity index (χ1) is 8.21. The molecule has 2 atom stereocenters. The van der Waals surface area contributed by atoms with Gasteiger partial charge in [0.25, 0.3) is 0 Å². The van der Waals surface area contributed by atoms with Crippen LogP contribution in [0.25, 0.3) is 0 Å². The van der Waals surface area contributed by atoms with E-state index in [1.807, 2.05) is 11.3 Å². The zero-order chi connectivity index (χ0) is 12.7. The Bertz CT molecular complexity index is 311. The molecule has 0 aliphatic heterocycles. The second-order valence-electron chi connectivity index (χ2n) is 4.25. The van der Waals surface area contributed by atoms with E-state index in [4.69, 9.17) is 4.74 Å². The highest BCUT2D eigenvalue weighted by Gasteiger charge is 2.17. The Kier molecular flexibility index (Phi) is 6.78. The fraction of sp³-hybridized carbons (Fsp3) is 0.714. The SMILES string of the molecule is CCNC(Cc1ccc(CC)s1)C(C)OCC. The number of hydrogen-bond donors (Lipinski definition) is 1. The largest absolute Gasteiger partial charge is 0.377 e. The number of hydrogen-bond acceptors (Lipinski definition) is 3. The summed E-state index contributed by atoms with van der Waals surface area (Å²) in [5.41, 5.74) is 0. The van der Waals surface area contributed by atoms with Crippen LogP contribution in [0.5, 0.6) is 0 Å². The van der Waals surface area contributed by atoms with Gasteiger partial charge >= 0.3 is 0 Å². The Morgan fingerprint density at radius 1 is 1.24 bits per heavy atom. The molecule has 0 fully saturated rings. The standard InChI is InChI=1S/C14H25NOS/c1-5-12-8-9-13(17-12)10-14(15-6-2)11(4)16-7-3/h8-9,11,14-15H,5-7,10H2,1-4H3. The molecule has 0 saturated heterocycles. The van der Waals surface area contributed by atoms with Crippen LogP contribution in [0.4, 0.5) is 0 Å². The number of thiophene rings is 1.